The van der Waals surface area contributed by atoms with Crippen molar-refractivity contribution in [1.29, 1.82) is 0 Å². The SMILES string of the molecule is Cc1ccccc1C(=O)N1CCN(c2ccc(N)cn2)CC1. The van der Waals surface area contributed by atoms with E-state index in [1.165, 1.54) is 0 Å². The summed E-state index contributed by atoms with van der Waals surface area (Å²) in [5.74, 6) is 1.03. The maximum absolute atomic E-state index is 12.6. The van der Waals surface area contributed by atoms with Gasteiger partial charge in [-0.1, -0.05) is 18.2 Å². The van der Waals surface area contributed by atoms with Crippen LogP contribution in [0.1, 0.15) is 15.9 Å². The number of benzene rings is 1. The molecule has 0 bridgehead atoms. The van der Waals surface area contributed by atoms with E-state index in [0.717, 1.165) is 30.0 Å². The van der Waals surface area contributed by atoms with Crippen molar-refractivity contribution in [2.24, 2.45) is 0 Å². The van der Waals surface area contributed by atoms with Crippen molar-refractivity contribution >= 4 is 17.4 Å². The largest absolute Gasteiger partial charge is 0.397 e. The molecule has 2 N–H and O–H groups in total. The van der Waals surface area contributed by atoms with Crippen molar-refractivity contribution in [3.63, 3.8) is 0 Å². The summed E-state index contributed by atoms with van der Waals surface area (Å²) in [4.78, 5) is 21.0. The normalized spacial score (nSPS) is 15.0. The molecule has 1 fully saturated rings. The molecule has 1 aliphatic heterocycles. The zero-order valence-electron chi connectivity index (χ0n) is 12.7. The van der Waals surface area contributed by atoms with Crippen LogP contribution in [0.5, 0.6) is 0 Å². The smallest absolute Gasteiger partial charge is 0.254 e. The maximum Gasteiger partial charge on any atom is 0.254 e. The summed E-state index contributed by atoms with van der Waals surface area (Å²) in [6.45, 7) is 4.96. The topological polar surface area (TPSA) is 62.5 Å². The second kappa shape index (κ2) is 6.05. The molecule has 3 rings (SSSR count). The van der Waals surface area contributed by atoms with Crippen LogP contribution < -0.4 is 10.6 Å². The van der Waals surface area contributed by atoms with E-state index in [1.54, 1.807) is 6.20 Å². The monoisotopic (exact) mass is 296 g/mol. The van der Waals surface area contributed by atoms with Crippen LogP contribution >= 0.6 is 0 Å². The van der Waals surface area contributed by atoms with Gasteiger partial charge < -0.3 is 15.5 Å². The van der Waals surface area contributed by atoms with Crippen LogP contribution in [0.4, 0.5) is 11.5 Å². The van der Waals surface area contributed by atoms with Crippen molar-refractivity contribution in [3.05, 3.63) is 53.7 Å². The Labute approximate surface area is 130 Å². The number of amides is 1. The van der Waals surface area contributed by atoms with Gasteiger partial charge in [-0.2, -0.15) is 0 Å². The molecule has 2 aromatic rings. The van der Waals surface area contributed by atoms with E-state index in [-0.39, 0.29) is 5.91 Å². The summed E-state index contributed by atoms with van der Waals surface area (Å²) in [5, 5.41) is 0. The first-order valence-corrected chi connectivity index (χ1v) is 7.46. The van der Waals surface area contributed by atoms with E-state index in [4.69, 9.17) is 5.73 Å². The van der Waals surface area contributed by atoms with Gasteiger partial charge in [-0.3, -0.25) is 4.79 Å². The summed E-state index contributed by atoms with van der Waals surface area (Å²) in [6, 6.07) is 11.5. The van der Waals surface area contributed by atoms with E-state index in [1.807, 2.05) is 48.2 Å². The van der Waals surface area contributed by atoms with Crippen molar-refractivity contribution < 1.29 is 4.79 Å². The second-order valence-electron chi connectivity index (χ2n) is 5.54. The fourth-order valence-corrected chi connectivity index (χ4v) is 2.71. The summed E-state index contributed by atoms with van der Waals surface area (Å²) in [6.07, 6.45) is 1.67. The van der Waals surface area contributed by atoms with Crippen LogP contribution in [-0.2, 0) is 0 Å². The first kappa shape index (κ1) is 14.4. The summed E-state index contributed by atoms with van der Waals surface area (Å²) >= 11 is 0. The lowest BCUT2D eigenvalue weighted by molar-refractivity contribution is 0.0746. The Morgan fingerprint density at radius 3 is 2.45 bits per heavy atom. The molecular weight excluding hydrogens is 276 g/mol. The van der Waals surface area contributed by atoms with Gasteiger partial charge >= 0.3 is 0 Å². The van der Waals surface area contributed by atoms with Gasteiger partial charge in [0.1, 0.15) is 5.82 Å². The highest BCUT2D eigenvalue weighted by Gasteiger charge is 2.23. The Morgan fingerprint density at radius 2 is 1.82 bits per heavy atom. The standard InChI is InChI=1S/C17H20N4O/c1-13-4-2-3-5-15(13)17(22)21-10-8-20(9-11-21)16-7-6-14(18)12-19-16/h2-7,12H,8-11,18H2,1H3. The molecule has 22 heavy (non-hydrogen) atoms. The predicted octanol–water partition coefficient (Wildman–Crippen LogP) is 1.93. The highest BCUT2D eigenvalue weighted by Crippen LogP contribution is 2.17. The Hall–Kier alpha value is -2.56. The number of hydrogen-bond donors (Lipinski definition) is 1. The first-order chi connectivity index (χ1) is 10.6. The lowest BCUT2D eigenvalue weighted by Crippen LogP contribution is -2.49. The number of nitrogens with two attached hydrogens (primary N) is 1. The summed E-state index contributed by atoms with van der Waals surface area (Å²) in [5.41, 5.74) is 8.14. The van der Waals surface area contributed by atoms with Gasteiger partial charge in [0.2, 0.25) is 0 Å². The molecule has 1 aromatic heterocycles. The molecular formula is C17H20N4O. The Morgan fingerprint density at radius 1 is 1.09 bits per heavy atom. The van der Waals surface area contributed by atoms with Gasteiger partial charge in [0.15, 0.2) is 0 Å². The van der Waals surface area contributed by atoms with Gasteiger partial charge in [0.05, 0.1) is 11.9 Å². The second-order valence-corrected chi connectivity index (χ2v) is 5.54. The maximum atomic E-state index is 12.6. The first-order valence-electron chi connectivity index (χ1n) is 7.46. The van der Waals surface area contributed by atoms with Gasteiger partial charge in [-0.15, -0.1) is 0 Å². The van der Waals surface area contributed by atoms with Crippen LogP contribution in [0.25, 0.3) is 0 Å². The zero-order chi connectivity index (χ0) is 15.5. The zero-order valence-corrected chi connectivity index (χ0v) is 12.7. The highest BCUT2D eigenvalue weighted by atomic mass is 16.2. The fourth-order valence-electron chi connectivity index (χ4n) is 2.71. The van der Waals surface area contributed by atoms with E-state index >= 15 is 0 Å². The van der Waals surface area contributed by atoms with Crippen molar-refractivity contribution in [3.8, 4) is 0 Å². The average Bonchev–Trinajstić information content (AvgIpc) is 2.56. The Kier molecular flexibility index (Phi) is 3.96. The fraction of sp³-hybridized carbons (Fsp3) is 0.294. The van der Waals surface area contributed by atoms with E-state index in [0.29, 0.717) is 18.8 Å². The lowest BCUT2D eigenvalue weighted by atomic mass is 10.1. The molecule has 0 saturated carbocycles. The van der Waals surface area contributed by atoms with E-state index in [2.05, 4.69) is 9.88 Å². The lowest BCUT2D eigenvalue weighted by Gasteiger charge is -2.35. The number of carbonyl (C=O) groups excluding carboxylic acids is 1. The molecule has 2 heterocycles. The quantitative estimate of drug-likeness (QED) is 0.920. The number of rotatable bonds is 2. The van der Waals surface area contributed by atoms with E-state index in [9.17, 15) is 4.79 Å². The minimum absolute atomic E-state index is 0.114. The van der Waals surface area contributed by atoms with Crippen LogP contribution in [0.2, 0.25) is 0 Å². The molecule has 1 aliphatic rings. The summed E-state index contributed by atoms with van der Waals surface area (Å²) in [7, 11) is 0. The molecule has 1 saturated heterocycles. The molecule has 5 heteroatoms. The Balaban J connectivity index is 1.65. The highest BCUT2D eigenvalue weighted by molar-refractivity contribution is 5.95. The number of aromatic nitrogens is 1. The van der Waals surface area contributed by atoms with Crippen molar-refractivity contribution in [2.75, 3.05) is 36.8 Å². The molecule has 0 spiro atoms. The third kappa shape index (κ3) is 2.88. The molecule has 114 valence electrons. The van der Waals surface area contributed by atoms with Crippen molar-refractivity contribution in [2.45, 2.75) is 6.92 Å². The Bertz CT molecular complexity index is 661. The van der Waals surface area contributed by atoms with Crippen LogP contribution in [0.15, 0.2) is 42.6 Å². The third-order valence-corrected chi connectivity index (χ3v) is 4.04. The number of nitrogens with zero attached hydrogens (tertiary/aromatic N) is 3. The predicted molar refractivity (Wildman–Crippen MR) is 87.9 cm³/mol. The van der Waals surface area contributed by atoms with Gasteiger partial charge in [-0.25, -0.2) is 4.98 Å². The number of aryl methyl sites for hydroxylation is 1. The summed E-state index contributed by atoms with van der Waals surface area (Å²) < 4.78 is 0. The molecule has 1 amide bonds. The molecule has 1 aromatic carbocycles. The number of pyridine rings is 1. The molecule has 0 unspecified atom stereocenters. The van der Waals surface area contributed by atoms with Crippen LogP contribution in [0.3, 0.4) is 0 Å². The number of hydrogen-bond acceptors (Lipinski definition) is 4. The molecule has 5 nitrogen and oxygen atoms in total. The number of anilines is 2. The molecule has 0 aliphatic carbocycles. The van der Waals surface area contributed by atoms with Crippen LogP contribution in [0, 0.1) is 6.92 Å². The van der Waals surface area contributed by atoms with Crippen molar-refractivity contribution in [1.82, 2.24) is 9.88 Å². The minimum Gasteiger partial charge on any atom is -0.397 e. The molecule has 0 atom stereocenters. The van der Waals surface area contributed by atoms with Crippen LogP contribution in [-0.4, -0.2) is 42.0 Å². The average molecular weight is 296 g/mol. The third-order valence-electron chi connectivity index (χ3n) is 4.04. The van der Waals surface area contributed by atoms with Gasteiger partial charge in [0.25, 0.3) is 5.91 Å². The van der Waals surface area contributed by atoms with Gasteiger partial charge in [0, 0.05) is 31.7 Å². The molecule has 0 radical (unpaired) electrons. The number of carbonyl (C=O) groups is 1. The van der Waals surface area contributed by atoms with Gasteiger partial charge in [-0.05, 0) is 30.7 Å². The van der Waals surface area contributed by atoms with E-state index < -0.39 is 0 Å². The minimum atomic E-state index is 0.114. The number of nitrogen functional groups attached to an aromatic ring is 1. The number of piperazine rings is 1.